The molecule has 1 aromatic heterocycles. The van der Waals surface area contributed by atoms with Crippen LogP contribution in [0.25, 0.3) is 6.08 Å². The molecule has 0 bridgehead atoms. The van der Waals surface area contributed by atoms with Crippen molar-refractivity contribution in [2.45, 2.75) is 0 Å². The predicted octanol–water partition coefficient (Wildman–Crippen LogP) is 1.85. The number of rotatable bonds is 3. The first-order chi connectivity index (χ1) is 7.00. The molecule has 1 heterocycles. The molecule has 6 nitrogen and oxygen atoms in total. The molecule has 0 aliphatic heterocycles. The molecule has 7 heteroatoms. The highest BCUT2D eigenvalue weighted by atomic mass is 79.9. The van der Waals surface area contributed by atoms with Gasteiger partial charge in [0, 0.05) is 6.08 Å². The van der Waals surface area contributed by atoms with Crippen LogP contribution in [0.1, 0.15) is 5.56 Å². The Morgan fingerprint density at radius 3 is 2.87 bits per heavy atom. The second-order valence-electron chi connectivity index (χ2n) is 2.49. The summed E-state index contributed by atoms with van der Waals surface area (Å²) in [4.78, 5) is 23.9. The first-order valence-corrected chi connectivity index (χ1v) is 4.51. The average Bonchev–Trinajstić information content (AvgIpc) is 2.14. The van der Waals surface area contributed by atoms with Crippen LogP contribution in [0.15, 0.2) is 22.9 Å². The van der Waals surface area contributed by atoms with E-state index in [1.807, 2.05) is 0 Å². The zero-order valence-corrected chi connectivity index (χ0v) is 8.84. The first-order valence-electron chi connectivity index (χ1n) is 3.71. The topological polar surface area (TPSA) is 93.3 Å². The predicted molar refractivity (Wildman–Crippen MR) is 55.3 cm³/mol. The van der Waals surface area contributed by atoms with Crippen molar-refractivity contribution in [2.24, 2.45) is 0 Å². The molecule has 0 radical (unpaired) electrons. The molecule has 0 saturated carbocycles. The molecule has 78 valence electrons. The maximum Gasteiger partial charge on any atom is 0.328 e. The summed E-state index contributed by atoms with van der Waals surface area (Å²) >= 11 is 3.04. The smallest absolute Gasteiger partial charge is 0.328 e. The van der Waals surface area contributed by atoms with E-state index < -0.39 is 10.9 Å². The van der Waals surface area contributed by atoms with Crippen molar-refractivity contribution < 1.29 is 14.8 Å². The lowest BCUT2D eigenvalue weighted by molar-refractivity contribution is -0.385. The Labute approximate surface area is 92.5 Å². The Morgan fingerprint density at radius 2 is 2.33 bits per heavy atom. The maximum absolute atomic E-state index is 10.5. The number of carbonyl (C=O) groups is 1. The van der Waals surface area contributed by atoms with E-state index in [0.717, 1.165) is 18.3 Å². The van der Waals surface area contributed by atoms with Crippen LogP contribution in [0, 0.1) is 10.1 Å². The highest BCUT2D eigenvalue weighted by Crippen LogP contribution is 2.21. The summed E-state index contributed by atoms with van der Waals surface area (Å²) in [5, 5.41) is 18.9. The number of hydrogen-bond acceptors (Lipinski definition) is 4. The van der Waals surface area contributed by atoms with E-state index in [0.29, 0.717) is 4.60 Å². The summed E-state index contributed by atoms with van der Waals surface area (Å²) in [6.45, 7) is 0. The van der Waals surface area contributed by atoms with Crippen LogP contribution in [0.2, 0.25) is 0 Å². The molecule has 0 amide bonds. The van der Waals surface area contributed by atoms with Crippen LogP contribution in [-0.2, 0) is 4.79 Å². The molecule has 1 aromatic rings. The fourth-order valence-corrected chi connectivity index (χ4v) is 1.23. The highest BCUT2D eigenvalue weighted by Gasteiger charge is 2.12. The number of pyridine rings is 1. The fraction of sp³-hybridized carbons (Fsp3) is 0. The second-order valence-corrected chi connectivity index (χ2v) is 3.31. The van der Waals surface area contributed by atoms with Gasteiger partial charge in [-0.15, -0.1) is 0 Å². The lowest BCUT2D eigenvalue weighted by Crippen LogP contribution is -1.94. The largest absolute Gasteiger partial charge is 0.478 e. The molecule has 0 aromatic carbocycles. The van der Waals surface area contributed by atoms with Crippen molar-refractivity contribution in [3.63, 3.8) is 0 Å². The van der Waals surface area contributed by atoms with Gasteiger partial charge >= 0.3 is 5.97 Å². The summed E-state index contributed by atoms with van der Waals surface area (Å²) in [5.41, 5.74) is -0.0556. The first kappa shape index (κ1) is 11.3. The third-order valence-electron chi connectivity index (χ3n) is 1.48. The summed E-state index contributed by atoms with van der Waals surface area (Å²) in [6.07, 6.45) is 3.04. The zero-order chi connectivity index (χ0) is 11.4. The Kier molecular flexibility index (Phi) is 3.51. The molecule has 0 aliphatic rings. The monoisotopic (exact) mass is 272 g/mol. The number of nitrogens with zero attached hydrogens (tertiary/aromatic N) is 2. The standard InChI is InChI=1S/C8H5BrN2O4/c9-7-3-5(1-2-8(12)13)6(4-10-7)11(14)15/h1-4H,(H,12,13)/b2-1+. The number of halogens is 1. The van der Waals surface area contributed by atoms with Gasteiger partial charge in [-0.2, -0.15) is 0 Å². The minimum absolute atomic E-state index is 0.185. The summed E-state index contributed by atoms with van der Waals surface area (Å²) in [7, 11) is 0. The van der Waals surface area contributed by atoms with Crippen LogP contribution in [0.4, 0.5) is 5.69 Å². The Morgan fingerprint density at radius 1 is 1.67 bits per heavy atom. The van der Waals surface area contributed by atoms with Gasteiger partial charge in [0.2, 0.25) is 0 Å². The second kappa shape index (κ2) is 4.65. The van der Waals surface area contributed by atoms with Gasteiger partial charge in [-0.1, -0.05) is 0 Å². The molecule has 0 atom stereocenters. The average molecular weight is 273 g/mol. The van der Waals surface area contributed by atoms with Crippen molar-refractivity contribution in [3.8, 4) is 0 Å². The summed E-state index contributed by atoms with van der Waals surface area (Å²) < 4.78 is 0.401. The van der Waals surface area contributed by atoms with E-state index in [1.165, 1.54) is 6.07 Å². The molecule has 1 rings (SSSR count). The van der Waals surface area contributed by atoms with Gasteiger partial charge < -0.3 is 5.11 Å². The quantitative estimate of drug-likeness (QED) is 0.392. The van der Waals surface area contributed by atoms with Crippen LogP contribution in [0.3, 0.4) is 0 Å². The Bertz CT molecular complexity index is 444. The number of nitro groups is 1. The van der Waals surface area contributed by atoms with Crippen molar-refractivity contribution in [1.82, 2.24) is 4.98 Å². The van der Waals surface area contributed by atoms with Crippen LogP contribution < -0.4 is 0 Å². The van der Waals surface area contributed by atoms with E-state index in [9.17, 15) is 14.9 Å². The number of aliphatic carboxylic acids is 1. The highest BCUT2D eigenvalue weighted by molar-refractivity contribution is 9.10. The van der Waals surface area contributed by atoms with E-state index in [1.54, 1.807) is 0 Å². The number of hydrogen-bond donors (Lipinski definition) is 1. The maximum atomic E-state index is 10.5. The number of carboxylic acids is 1. The lowest BCUT2D eigenvalue weighted by atomic mass is 10.2. The van der Waals surface area contributed by atoms with Crippen LogP contribution in [-0.4, -0.2) is 21.0 Å². The normalized spacial score (nSPS) is 10.5. The SMILES string of the molecule is O=C(O)/C=C/c1cc(Br)ncc1[N+](=O)[O-]. The van der Waals surface area contributed by atoms with Gasteiger partial charge in [0.05, 0.1) is 10.5 Å². The van der Waals surface area contributed by atoms with E-state index in [2.05, 4.69) is 20.9 Å². The van der Waals surface area contributed by atoms with Gasteiger partial charge in [-0.25, -0.2) is 9.78 Å². The number of aromatic nitrogens is 1. The Hall–Kier alpha value is -1.76. The molecule has 0 spiro atoms. The zero-order valence-electron chi connectivity index (χ0n) is 7.25. The van der Waals surface area contributed by atoms with Gasteiger partial charge in [0.25, 0.3) is 5.69 Å². The van der Waals surface area contributed by atoms with Gasteiger partial charge in [0.15, 0.2) is 0 Å². The molecular formula is C8H5BrN2O4. The van der Waals surface area contributed by atoms with Crippen molar-refractivity contribution in [3.05, 3.63) is 38.6 Å². The minimum atomic E-state index is -1.17. The van der Waals surface area contributed by atoms with Crippen LogP contribution in [0.5, 0.6) is 0 Å². The molecule has 0 saturated heterocycles. The van der Waals surface area contributed by atoms with E-state index in [4.69, 9.17) is 5.11 Å². The molecule has 0 unspecified atom stereocenters. The van der Waals surface area contributed by atoms with Crippen molar-refractivity contribution >= 4 is 33.7 Å². The Balaban J connectivity index is 3.18. The van der Waals surface area contributed by atoms with Gasteiger partial charge in [0.1, 0.15) is 10.8 Å². The van der Waals surface area contributed by atoms with Gasteiger partial charge in [-0.05, 0) is 28.1 Å². The molecule has 0 aliphatic carbocycles. The van der Waals surface area contributed by atoms with Gasteiger partial charge in [-0.3, -0.25) is 10.1 Å². The minimum Gasteiger partial charge on any atom is -0.478 e. The lowest BCUT2D eigenvalue weighted by Gasteiger charge is -1.96. The van der Waals surface area contributed by atoms with Crippen molar-refractivity contribution in [2.75, 3.05) is 0 Å². The molecule has 1 N–H and O–H groups in total. The number of carboxylic acid groups (broad SMARTS) is 1. The fourth-order valence-electron chi connectivity index (χ4n) is 0.884. The third kappa shape index (κ3) is 3.13. The summed E-state index contributed by atoms with van der Waals surface area (Å²) in [5.74, 6) is -1.17. The molecular weight excluding hydrogens is 268 g/mol. The van der Waals surface area contributed by atoms with E-state index in [-0.39, 0.29) is 11.3 Å². The van der Waals surface area contributed by atoms with Crippen LogP contribution >= 0.6 is 15.9 Å². The van der Waals surface area contributed by atoms with Crippen molar-refractivity contribution in [1.29, 1.82) is 0 Å². The summed E-state index contributed by atoms with van der Waals surface area (Å²) in [6, 6.07) is 1.37. The molecule has 0 fully saturated rings. The van der Waals surface area contributed by atoms with E-state index >= 15 is 0 Å². The molecule has 15 heavy (non-hydrogen) atoms. The third-order valence-corrected chi connectivity index (χ3v) is 1.92.